The highest BCUT2D eigenvalue weighted by molar-refractivity contribution is 8.00. The summed E-state index contributed by atoms with van der Waals surface area (Å²) in [6, 6.07) is 20.8. The van der Waals surface area contributed by atoms with Crippen molar-refractivity contribution in [2.75, 3.05) is 11.5 Å². The van der Waals surface area contributed by atoms with Crippen molar-refractivity contribution in [2.24, 2.45) is 0 Å². The van der Waals surface area contributed by atoms with Crippen molar-refractivity contribution in [1.29, 1.82) is 0 Å². The van der Waals surface area contributed by atoms with Crippen LogP contribution in [0.5, 0.6) is 0 Å². The van der Waals surface area contributed by atoms with E-state index in [0.29, 0.717) is 22.0 Å². The molecule has 27 heavy (non-hydrogen) atoms. The lowest BCUT2D eigenvalue weighted by molar-refractivity contribution is 0.684. The van der Waals surface area contributed by atoms with Crippen molar-refractivity contribution in [3.8, 4) is 5.69 Å². The van der Waals surface area contributed by atoms with Gasteiger partial charge in [-0.3, -0.25) is 13.6 Å². The van der Waals surface area contributed by atoms with Crippen molar-refractivity contribution in [3.63, 3.8) is 0 Å². The summed E-state index contributed by atoms with van der Waals surface area (Å²) in [7, 11) is -1.07. The van der Waals surface area contributed by atoms with Gasteiger partial charge >= 0.3 is 0 Å². The molecule has 2 aromatic carbocycles. The second-order valence-electron chi connectivity index (χ2n) is 5.72. The minimum absolute atomic E-state index is 0.0702. The van der Waals surface area contributed by atoms with Crippen molar-refractivity contribution in [3.05, 3.63) is 82.5 Å². The van der Waals surface area contributed by atoms with E-state index in [0.717, 1.165) is 15.4 Å². The normalized spacial score (nSPS) is 12.3. The van der Waals surface area contributed by atoms with Crippen LogP contribution in [0.1, 0.15) is 0 Å². The van der Waals surface area contributed by atoms with Gasteiger partial charge in [0.1, 0.15) is 4.83 Å². The van der Waals surface area contributed by atoms with Gasteiger partial charge in [0.05, 0.1) is 21.9 Å². The fourth-order valence-corrected chi connectivity index (χ4v) is 5.80. The lowest BCUT2D eigenvalue weighted by Gasteiger charge is -2.12. The topological polar surface area (TPSA) is 52.0 Å². The first-order valence-electron chi connectivity index (χ1n) is 8.36. The summed E-state index contributed by atoms with van der Waals surface area (Å²) < 4.78 is 14.1. The highest BCUT2D eigenvalue weighted by Crippen LogP contribution is 2.24. The van der Waals surface area contributed by atoms with E-state index in [-0.39, 0.29) is 5.56 Å². The first-order chi connectivity index (χ1) is 13.2. The number of benzene rings is 2. The number of nitrogens with zero attached hydrogens (tertiary/aromatic N) is 2. The Kier molecular flexibility index (Phi) is 5.52. The molecule has 4 aromatic rings. The number of thiophene rings is 1. The molecule has 0 aliphatic rings. The third-order valence-electron chi connectivity index (χ3n) is 3.99. The lowest BCUT2D eigenvalue weighted by Crippen LogP contribution is -2.21. The van der Waals surface area contributed by atoms with Crippen molar-refractivity contribution in [2.45, 2.75) is 10.1 Å². The number of aromatic nitrogens is 2. The maximum Gasteiger partial charge on any atom is 0.267 e. The molecule has 7 heteroatoms. The van der Waals surface area contributed by atoms with Gasteiger partial charge in [-0.2, -0.15) is 0 Å². The molecule has 1 unspecified atom stereocenters. The Labute approximate surface area is 167 Å². The van der Waals surface area contributed by atoms with Crippen LogP contribution in [0.4, 0.5) is 0 Å². The minimum Gasteiger partial charge on any atom is -0.268 e. The molecule has 0 aliphatic heterocycles. The zero-order valence-electron chi connectivity index (χ0n) is 14.3. The van der Waals surface area contributed by atoms with Gasteiger partial charge in [-0.25, -0.2) is 4.98 Å². The monoisotopic (exact) mass is 412 g/mol. The average Bonchev–Trinajstić information content (AvgIpc) is 3.18. The number of thioether (sulfide) groups is 1. The smallest absolute Gasteiger partial charge is 0.267 e. The molecule has 1 atom stereocenters. The van der Waals surface area contributed by atoms with E-state index in [1.807, 2.05) is 72.1 Å². The molecule has 136 valence electrons. The number of rotatable bonds is 6. The molecule has 4 nitrogen and oxygen atoms in total. The SMILES string of the molecule is O=c1c2ccsc2nc(SCCS(=O)c2ccccc2)n1-c1ccccc1. The fraction of sp³-hybridized carbons (Fsp3) is 0.100. The quantitative estimate of drug-likeness (QED) is 0.349. The lowest BCUT2D eigenvalue weighted by atomic mass is 10.3. The molecule has 4 rings (SSSR count). The Balaban J connectivity index is 1.63. The largest absolute Gasteiger partial charge is 0.268 e. The predicted molar refractivity (Wildman–Crippen MR) is 114 cm³/mol. The molecule has 0 saturated heterocycles. The Bertz CT molecular complexity index is 1140. The van der Waals surface area contributed by atoms with Crippen LogP contribution in [-0.2, 0) is 10.8 Å². The summed E-state index contributed by atoms with van der Waals surface area (Å²) in [4.78, 5) is 19.2. The van der Waals surface area contributed by atoms with E-state index in [4.69, 9.17) is 0 Å². The van der Waals surface area contributed by atoms with Crippen molar-refractivity contribution in [1.82, 2.24) is 9.55 Å². The summed E-state index contributed by atoms with van der Waals surface area (Å²) in [5.74, 6) is 1.11. The molecule has 0 bridgehead atoms. The van der Waals surface area contributed by atoms with Gasteiger partial charge in [0, 0.05) is 16.4 Å². The van der Waals surface area contributed by atoms with Crippen LogP contribution in [0.15, 0.2) is 87.0 Å². The van der Waals surface area contributed by atoms with Crippen LogP contribution in [0.2, 0.25) is 0 Å². The second-order valence-corrected chi connectivity index (χ2v) is 9.25. The van der Waals surface area contributed by atoms with Crippen LogP contribution in [0.25, 0.3) is 15.9 Å². The molecular weight excluding hydrogens is 396 g/mol. The number of hydrogen-bond acceptors (Lipinski definition) is 5. The van der Waals surface area contributed by atoms with Gasteiger partial charge in [-0.05, 0) is 35.7 Å². The predicted octanol–water partition coefficient (Wildman–Crippen LogP) is 4.35. The van der Waals surface area contributed by atoms with E-state index in [1.165, 1.54) is 23.1 Å². The summed E-state index contributed by atoms with van der Waals surface area (Å²) in [5, 5.41) is 3.14. The summed E-state index contributed by atoms with van der Waals surface area (Å²) in [6.07, 6.45) is 0. The molecule has 0 aliphatic carbocycles. The van der Waals surface area contributed by atoms with Gasteiger partial charge in [0.25, 0.3) is 5.56 Å². The maximum atomic E-state index is 13.0. The molecule has 2 aromatic heterocycles. The number of fused-ring (bicyclic) bond motifs is 1. The van der Waals surface area contributed by atoms with E-state index < -0.39 is 10.8 Å². The molecule has 0 radical (unpaired) electrons. The third kappa shape index (κ3) is 3.90. The molecule has 0 amide bonds. The Morgan fingerprint density at radius 3 is 2.44 bits per heavy atom. The maximum absolute atomic E-state index is 13.0. The van der Waals surface area contributed by atoms with Gasteiger partial charge in [-0.15, -0.1) is 11.3 Å². The molecule has 0 saturated carbocycles. The molecular formula is C20H16N2O2S3. The summed E-state index contributed by atoms with van der Waals surface area (Å²) in [6.45, 7) is 0. The van der Waals surface area contributed by atoms with Crippen LogP contribution in [0.3, 0.4) is 0 Å². The molecule has 2 heterocycles. The van der Waals surface area contributed by atoms with E-state index in [9.17, 15) is 9.00 Å². The molecule has 0 N–H and O–H groups in total. The van der Waals surface area contributed by atoms with Crippen LogP contribution >= 0.6 is 23.1 Å². The van der Waals surface area contributed by atoms with Crippen molar-refractivity contribution >= 4 is 44.1 Å². The fourth-order valence-electron chi connectivity index (χ4n) is 2.70. The standard InChI is InChI=1S/C20H16N2O2S3/c23-19-17-11-12-25-18(17)21-20(22(19)15-7-3-1-4-8-15)26-13-14-27(24)16-9-5-2-6-10-16/h1-12H,13-14H2. The minimum atomic E-state index is -1.07. The summed E-state index contributed by atoms with van der Waals surface area (Å²) >= 11 is 2.92. The van der Waals surface area contributed by atoms with Gasteiger partial charge in [-0.1, -0.05) is 48.2 Å². The van der Waals surface area contributed by atoms with E-state index in [1.54, 1.807) is 4.57 Å². The Hall–Kier alpha value is -2.22. The van der Waals surface area contributed by atoms with Gasteiger partial charge in [0.2, 0.25) is 0 Å². The molecule has 0 spiro atoms. The Morgan fingerprint density at radius 2 is 1.70 bits per heavy atom. The number of para-hydroxylation sites is 1. The third-order valence-corrected chi connectivity index (χ3v) is 7.37. The first-order valence-corrected chi connectivity index (χ1v) is 11.5. The van der Waals surface area contributed by atoms with E-state index in [2.05, 4.69) is 4.98 Å². The van der Waals surface area contributed by atoms with Crippen LogP contribution in [-0.4, -0.2) is 25.3 Å². The first kappa shape index (κ1) is 18.2. The average molecular weight is 413 g/mol. The highest BCUT2D eigenvalue weighted by atomic mass is 32.2. The Morgan fingerprint density at radius 1 is 1.00 bits per heavy atom. The van der Waals surface area contributed by atoms with Crippen LogP contribution < -0.4 is 5.56 Å². The second kappa shape index (κ2) is 8.21. The summed E-state index contributed by atoms with van der Waals surface area (Å²) in [5.41, 5.74) is 0.717. The highest BCUT2D eigenvalue weighted by Gasteiger charge is 2.14. The van der Waals surface area contributed by atoms with E-state index >= 15 is 0 Å². The number of hydrogen-bond donors (Lipinski definition) is 0. The zero-order valence-corrected chi connectivity index (χ0v) is 16.7. The van der Waals surface area contributed by atoms with Crippen LogP contribution in [0, 0.1) is 0 Å². The van der Waals surface area contributed by atoms with Crippen molar-refractivity contribution < 1.29 is 4.21 Å². The van der Waals surface area contributed by atoms with Gasteiger partial charge in [0.15, 0.2) is 5.16 Å². The van der Waals surface area contributed by atoms with Gasteiger partial charge < -0.3 is 0 Å². The zero-order chi connectivity index (χ0) is 18.6. The molecule has 0 fully saturated rings.